The van der Waals surface area contributed by atoms with Gasteiger partial charge in [-0.25, -0.2) is 0 Å². The Hall–Kier alpha value is -1.95. The van der Waals surface area contributed by atoms with E-state index in [1.54, 1.807) is 6.07 Å². The standard InChI is InChI=1S/C19H27N3O3/c1-13-9-10-17(22(24)25)19(14(13)2)20-18(23)12-21-11-5-7-15-6-3-4-8-16(15)21/h9-10,15-16H,3-8,11-12H2,1-2H3,(H,20,23)/p+1/t15-,16-/m0/s1. The molecule has 0 bridgehead atoms. The summed E-state index contributed by atoms with van der Waals surface area (Å²) in [5.74, 6) is 0.637. The number of nitro benzene ring substituents is 1. The average Bonchev–Trinajstić information content (AvgIpc) is 2.59. The summed E-state index contributed by atoms with van der Waals surface area (Å²) in [6, 6.07) is 3.79. The highest BCUT2D eigenvalue weighted by atomic mass is 16.6. The van der Waals surface area contributed by atoms with Gasteiger partial charge in [-0.05, 0) is 57.1 Å². The molecule has 1 aromatic rings. The molecule has 136 valence electrons. The first-order chi connectivity index (χ1) is 12.0. The molecule has 2 N–H and O–H groups in total. The quantitative estimate of drug-likeness (QED) is 0.649. The number of fused-ring (bicyclic) bond motifs is 1. The maximum absolute atomic E-state index is 12.6. The summed E-state index contributed by atoms with van der Waals surface area (Å²) >= 11 is 0. The number of benzene rings is 1. The summed E-state index contributed by atoms with van der Waals surface area (Å²) in [7, 11) is 0. The molecule has 0 spiro atoms. The van der Waals surface area contributed by atoms with E-state index in [1.165, 1.54) is 49.5 Å². The van der Waals surface area contributed by atoms with Gasteiger partial charge in [0.1, 0.15) is 5.69 Å². The van der Waals surface area contributed by atoms with E-state index < -0.39 is 4.92 Å². The van der Waals surface area contributed by atoms with Crippen LogP contribution in [0.1, 0.15) is 49.7 Å². The van der Waals surface area contributed by atoms with E-state index >= 15 is 0 Å². The molecule has 6 heteroatoms. The van der Waals surface area contributed by atoms with Crippen molar-refractivity contribution in [2.45, 2.75) is 58.4 Å². The lowest BCUT2D eigenvalue weighted by Crippen LogP contribution is -3.18. The van der Waals surface area contributed by atoms with Crippen LogP contribution in [0.5, 0.6) is 0 Å². The number of amides is 1. The number of piperidine rings is 1. The van der Waals surface area contributed by atoms with Gasteiger partial charge in [0.15, 0.2) is 6.54 Å². The molecule has 1 aromatic carbocycles. The lowest BCUT2D eigenvalue weighted by atomic mass is 9.78. The third-order valence-electron chi connectivity index (χ3n) is 6.07. The number of anilines is 1. The first-order valence-corrected chi connectivity index (χ1v) is 9.36. The molecular weight excluding hydrogens is 318 g/mol. The molecule has 2 aliphatic rings. The SMILES string of the molecule is Cc1ccc([N+](=O)[O-])c(NC(=O)C[NH+]2CCC[C@@H]3CCCC[C@@H]32)c1C. The third kappa shape index (κ3) is 3.84. The molecule has 1 unspecified atom stereocenters. The van der Waals surface area contributed by atoms with Crippen molar-refractivity contribution in [3.8, 4) is 0 Å². The smallest absolute Gasteiger partial charge is 0.293 e. The van der Waals surface area contributed by atoms with E-state index in [0.29, 0.717) is 18.3 Å². The normalized spacial score (nSPS) is 25.9. The van der Waals surface area contributed by atoms with Gasteiger partial charge in [-0.15, -0.1) is 0 Å². The second-order valence-corrected chi connectivity index (χ2v) is 7.59. The summed E-state index contributed by atoms with van der Waals surface area (Å²) in [5.41, 5.74) is 2.04. The van der Waals surface area contributed by atoms with Crippen LogP contribution in [0.4, 0.5) is 11.4 Å². The number of hydrogen-bond donors (Lipinski definition) is 2. The molecule has 2 fully saturated rings. The topological polar surface area (TPSA) is 76.7 Å². The zero-order valence-electron chi connectivity index (χ0n) is 15.1. The van der Waals surface area contributed by atoms with Crippen molar-refractivity contribution in [2.24, 2.45) is 5.92 Å². The maximum atomic E-state index is 12.6. The lowest BCUT2D eigenvalue weighted by Gasteiger charge is -2.40. The molecule has 0 radical (unpaired) electrons. The maximum Gasteiger partial charge on any atom is 0.293 e. The molecular formula is C19H28N3O3+. The molecule has 1 aliphatic carbocycles. The second-order valence-electron chi connectivity index (χ2n) is 7.59. The largest absolute Gasteiger partial charge is 0.324 e. The summed E-state index contributed by atoms with van der Waals surface area (Å²) in [6.45, 7) is 5.16. The van der Waals surface area contributed by atoms with Crippen LogP contribution in [-0.2, 0) is 4.79 Å². The van der Waals surface area contributed by atoms with Gasteiger partial charge in [0.05, 0.1) is 17.5 Å². The first-order valence-electron chi connectivity index (χ1n) is 9.36. The van der Waals surface area contributed by atoms with Crippen molar-refractivity contribution < 1.29 is 14.6 Å². The summed E-state index contributed by atoms with van der Waals surface area (Å²) < 4.78 is 0. The minimum atomic E-state index is -0.424. The van der Waals surface area contributed by atoms with E-state index in [-0.39, 0.29) is 11.6 Å². The predicted molar refractivity (Wildman–Crippen MR) is 96.9 cm³/mol. The summed E-state index contributed by atoms with van der Waals surface area (Å²) in [5, 5.41) is 14.1. The van der Waals surface area contributed by atoms with Crippen LogP contribution in [0.2, 0.25) is 0 Å². The Morgan fingerprint density at radius 3 is 2.72 bits per heavy atom. The highest BCUT2D eigenvalue weighted by Gasteiger charge is 2.37. The van der Waals surface area contributed by atoms with Crippen molar-refractivity contribution in [3.05, 3.63) is 33.4 Å². The van der Waals surface area contributed by atoms with Gasteiger partial charge in [-0.3, -0.25) is 14.9 Å². The number of aryl methyl sites for hydroxylation is 1. The fraction of sp³-hybridized carbons (Fsp3) is 0.632. The van der Waals surface area contributed by atoms with Crippen LogP contribution in [0.15, 0.2) is 12.1 Å². The van der Waals surface area contributed by atoms with Gasteiger partial charge >= 0.3 is 0 Å². The Bertz CT molecular complexity index is 672. The summed E-state index contributed by atoms with van der Waals surface area (Å²) in [4.78, 5) is 24.9. The Balaban J connectivity index is 1.72. The number of hydrogen-bond acceptors (Lipinski definition) is 3. The Morgan fingerprint density at radius 1 is 1.24 bits per heavy atom. The minimum absolute atomic E-state index is 0.0272. The van der Waals surface area contributed by atoms with Crippen LogP contribution in [0, 0.1) is 29.9 Å². The fourth-order valence-electron chi connectivity index (χ4n) is 4.59. The molecule has 6 nitrogen and oxygen atoms in total. The van der Waals surface area contributed by atoms with Gasteiger partial charge < -0.3 is 10.2 Å². The Kier molecular flexibility index (Phi) is 5.37. The zero-order chi connectivity index (χ0) is 18.0. The van der Waals surface area contributed by atoms with Gasteiger partial charge in [-0.1, -0.05) is 12.5 Å². The molecule has 0 aromatic heterocycles. The zero-order valence-corrected chi connectivity index (χ0v) is 15.1. The van der Waals surface area contributed by atoms with Crippen molar-refractivity contribution in [2.75, 3.05) is 18.4 Å². The van der Waals surface area contributed by atoms with Crippen LogP contribution < -0.4 is 10.2 Å². The van der Waals surface area contributed by atoms with Crippen molar-refractivity contribution in [1.29, 1.82) is 0 Å². The molecule has 3 rings (SSSR count). The summed E-state index contributed by atoms with van der Waals surface area (Å²) in [6.07, 6.45) is 7.53. The number of likely N-dealkylation sites (tertiary alicyclic amines) is 1. The van der Waals surface area contributed by atoms with Crippen LogP contribution in [0.25, 0.3) is 0 Å². The monoisotopic (exact) mass is 346 g/mol. The average molecular weight is 346 g/mol. The van der Waals surface area contributed by atoms with Gasteiger partial charge in [-0.2, -0.15) is 0 Å². The van der Waals surface area contributed by atoms with Gasteiger partial charge in [0, 0.05) is 12.0 Å². The molecule has 1 saturated heterocycles. The lowest BCUT2D eigenvalue weighted by molar-refractivity contribution is -0.928. The third-order valence-corrected chi connectivity index (χ3v) is 6.07. The molecule has 1 amide bonds. The highest BCUT2D eigenvalue weighted by molar-refractivity contribution is 5.95. The number of carbonyl (C=O) groups is 1. The van der Waals surface area contributed by atoms with E-state index in [4.69, 9.17) is 0 Å². The van der Waals surface area contributed by atoms with Crippen LogP contribution in [-0.4, -0.2) is 30.0 Å². The van der Waals surface area contributed by atoms with Crippen LogP contribution >= 0.6 is 0 Å². The number of nitro groups is 1. The van der Waals surface area contributed by atoms with Gasteiger partial charge in [0.2, 0.25) is 0 Å². The second kappa shape index (κ2) is 7.52. The van der Waals surface area contributed by atoms with Crippen molar-refractivity contribution in [3.63, 3.8) is 0 Å². The van der Waals surface area contributed by atoms with E-state index in [1.807, 2.05) is 13.8 Å². The number of quaternary nitrogens is 1. The van der Waals surface area contributed by atoms with E-state index in [0.717, 1.165) is 23.6 Å². The Morgan fingerprint density at radius 2 is 1.96 bits per heavy atom. The van der Waals surface area contributed by atoms with E-state index in [9.17, 15) is 14.9 Å². The minimum Gasteiger partial charge on any atom is -0.324 e. The first kappa shape index (κ1) is 17.9. The van der Waals surface area contributed by atoms with Crippen molar-refractivity contribution in [1.82, 2.24) is 0 Å². The number of nitrogens with zero attached hydrogens (tertiary/aromatic N) is 1. The van der Waals surface area contributed by atoms with E-state index in [2.05, 4.69) is 5.32 Å². The molecule has 25 heavy (non-hydrogen) atoms. The van der Waals surface area contributed by atoms with Crippen LogP contribution in [0.3, 0.4) is 0 Å². The number of nitrogens with one attached hydrogen (secondary N) is 2. The fourth-order valence-corrected chi connectivity index (χ4v) is 4.59. The number of rotatable bonds is 4. The number of carbonyl (C=O) groups excluding carboxylic acids is 1. The molecule has 1 aliphatic heterocycles. The van der Waals surface area contributed by atoms with Crippen molar-refractivity contribution >= 4 is 17.3 Å². The predicted octanol–water partition coefficient (Wildman–Crippen LogP) is 2.39. The molecule has 3 atom stereocenters. The van der Waals surface area contributed by atoms with Gasteiger partial charge in [0.25, 0.3) is 11.6 Å². The molecule has 1 heterocycles. The molecule has 1 saturated carbocycles. The Labute approximate surface area is 148 Å². The highest BCUT2D eigenvalue weighted by Crippen LogP contribution is 2.30.